The summed E-state index contributed by atoms with van der Waals surface area (Å²) in [5, 5.41) is 2.88. The van der Waals surface area contributed by atoms with Gasteiger partial charge in [-0.15, -0.1) is 0 Å². The van der Waals surface area contributed by atoms with Crippen molar-refractivity contribution in [1.82, 2.24) is 19.9 Å². The molecular weight excluding hydrogens is 304 g/mol. The van der Waals surface area contributed by atoms with Gasteiger partial charge in [-0.25, -0.2) is 9.97 Å². The van der Waals surface area contributed by atoms with E-state index < -0.39 is 0 Å². The van der Waals surface area contributed by atoms with E-state index in [4.69, 9.17) is 4.74 Å². The Morgan fingerprint density at radius 2 is 2.25 bits per heavy atom. The molecule has 0 saturated heterocycles. The van der Waals surface area contributed by atoms with Gasteiger partial charge in [-0.1, -0.05) is 19.8 Å². The van der Waals surface area contributed by atoms with Gasteiger partial charge in [-0.05, 0) is 30.9 Å². The number of carbonyl (C=O) groups excluding carboxylic acids is 1. The van der Waals surface area contributed by atoms with Gasteiger partial charge >= 0.3 is 0 Å². The predicted octanol–water partition coefficient (Wildman–Crippen LogP) is 2.59. The number of nitrogens with one attached hydrogen (secondary N) is 1. The van der Waals surface area contributed by atoms with E-state index in [-0.39, 0.29) is 5.91 Å². The van der Waals surface area contributed by atoms with E-state index in [0.29, 0.717) is 30.7 Å². The van der Waals surface area contributed by atoms with Crippen molar-refractivity contribution in [3.8, 4) is 5.82 Å². The first-order valence-corrected chi connectivity index (χ1v) is 8.58. The summed E-state index contributed by atoms with van der Waals surface area (Å²) >= 11 is 0. The molecule has 0 spiro atoms. The van der Waals surface area contributed by atoms with Gasteiger partial charge in [0.15, 0.2) is 0 Å². The molecule has 1 amide bonds. The number of pyridine rings is 1. The van der Waals surface area contributed by atoms with Crippen LogP contribution in [0.25, 0.3) is 5.82 Å². The van der Waals surface area contributed by atoms with E-state index in [1.165, 1.54) is 19.3 Å². The molecule has 2 aromatic rings. The van der Waals surface area contributed by atoms with Crippen LogP contribution in [0.1, 0.15) is 43.0 Å². The van der Waals surface area contributed by atoms with Gasteiger partial charge in [0.1, 0.15) is 12.1 Å². The van der Waals surface area contributed by atoms with Crippen molar-refractivity contribution >= 4 is 5.91 Å². The molecule has 1 aliphatic rings. The molecule has 0 bridgehead atoms. The number of rotatable bonds is 6. The Morgan fingerprint density at radius 1 is 1.38 bits per heavy atom. The average Bonchev–Trinajstić information content (AvgIpc) is 3.15. The van der Waals surface area contributed by atoms with Crippen LogP contribution in [-0.4, -0.2) is 39.7 Å². The Labute approximate surface area is 142 Å². The van der Waals surface area contributed by atoms with E-state index in [1.807, 2.05) is 6.20 Å². The Morgan fingerprint density at radius 3 is 2.96 bits per heavy atom. The normalized spacial score (nSPS) is 20.7. The maximum Gasteiger partial charge on any atom is 0.252 e. The van der Waals surface area contributed by atoms with Gasteiger partial charge in [0, 0.05) is 25.1 Å². The fourth-order valence-corrected chi connectivity index (χ4v) is 3.07. The average molecular weight is 328 g/mol. The number of amides is 1. The minimum absolute atomic E-state index is 0.125. The molecule has 0 radical (unpaired) electrons. The molecule has 2 atom stereocenters. The second-order valence-corrected chi connectivity index (χ2v) is 6.30. The monoisotopic (exact) mass is 328 g/mol. The Bertz CT molecular complexity index is 640. The zero-order valence-corrected chi connectivity index (χ0v) is 14.0. The van der Waals surface area contributed by atoms with Crippen LogP contribution in [0, 0.1) is 5.92 Å². The molecule has 1 N–H and O–H groups in total. The first kappa shape index (κ1) is 16.6. The lowest BCUT2D eigenvalue weighted by Crippen LogP contribution is -2.31. The third-order valence-electron chi connectivity index (χ3n) is 4.53. The molecule has 0 unspecified atom stereocenters. The summed E-state index contributed by atoms with van der Waals surface area (Å²) in [4.78, 5) is 20.4. The van der Waals surface area contributed by atoms with Crippen molar-refractivity contribution in [3.05, 3.63) is 42.6 Å². The molecular formula is C18H24N4O2. The maximum absolute atomic E-state index is 12.1. The minimum atomic E-state index is -0.125. The van der Waals surface area contributed by atoms with Crippen LogP contribution in [0.4, 0.5) is 0 Å². The predicted molar refractivity (Wildman–Crippen MR) is 91.1 cm³/mol. The number of nitrogens with zero attached hydrogens (tertiary/aromatic N) is 3. The molecule has 0 aliphatic heterocycles. The fourth-order valence-electron chi connectivity index (χ4n) is 3.07. The first-order valence-electron chi connectivity index (χ1n) is 8.58. The molecule has 24 heavy (non-hydrogen) atoms. The molecule has 1 saturated carbocycles. The molecule has 3 rings (SSSR count). The lowest BCUT2D eigenvalue weighted by molar-refractivity contribution is -0.00294. The second kappa shape index (κ2) is 8.06. The van der Waals surface area contributed by atoms with E-state index in [9.17, 15) is 4.79 Å². The van der Waals surface area contributed by atoms with Crippen molar-refractivity contribution in [2.45, 2.75) is 38.7 Å². The lowest BCUT2D eigenvalue weighted by atomic mass is 9.88. The SMILES string of the molecule is C[C@@H]1CCCC[C@@H]1OCCNC(=O)c1ccc(-n2ccnc2)nc1. The quantitative estimate of drug-likeness (QED) is 0.828. The summed E-state index contributed by atoms with van der Waals surface area (Å²) in [7, 11) is 0. The van der Waals surface area contributed by atoms with Crippen LogP contribution in [0.2, 0.25) is 0 Å². The molecule has 6 nitrogen and oxygen atoms in total. The topological polar surface area (TPSA) is 69.0 Å². The third-order valence-corrected chi connectivity index (χ3v) is 4.53. The Kier molecular flexibility index (Phi) is 5.59. The number of carbonyl (C=O) groups is 1. The smallest absolute Gasteiger partial charge is 0.252 e. The van der Waals surface area contributed by atoms with Crippen molar-refractivity contribution in [3.63, 3.8) is 0 Å². The van der Waals surface area contributed by atoms with Gasteiger partial charge in [-0.3, -0.25) is 9.36 Å². The Balaban J connectivity index is 1.43. The number of hydrogen-bond acceptors (Lipinski definition) is 4. The van der Waals surface area contributed by atoms with Gasteiger partial charge in [0.05, 0.1) is 18.3 Å². The van der Waals surface area contributed by atoms with E-state index >= 15 is 0 Å². The molecule has 2 heterocycles. The van der Waals surface area contributed by atoms with E-state index in [1.54, 1.807) is 35.4 Å². The molecule has 1 aliphatic carbocycles. The van der Waals surface area contributed by atoms with Crippen LogP contribution in [-0.2, 0) is 4.74 Å². The van der Waals surface area contributed by atoms with Crippen LogP contribution in [0.15, 0.2) is 37.1 Å². The number of aromatic nitrogens is 3. The number of ether oxygens (including phenoxy) is 1. The standard InChI is InChI=1S/C18H24N4O2/c1-14-4-2-3-5-16(14)24-11-9-20-18(23)15-6-7-17(21-12-15)22-10-8-19-13-22/h6-8,10,12-14,16H,2-5,9,11H2,1H3,(H,20,23)/t14-,16+/m1/s1. The van der Waals surface area contributed by atoms with Crippen molar-refractivity contribution < 1.29 is 9.53 Å². The van der Waals surface area contributed by atoms with Gasteiger partial charge < -0.3 is 10.1 Å². The highest BCUT2D eigenvalue weighted by molar-refractivity contribution is 5.93. The molecule has 128 valence electrons. The number of hydrogen-bond donors (Lipinski definition) is 1. The highest BCUT2D eigenvalue weighted by atomic mass is 16.5. The molecule has 1 fully saturated rings. The number of imidazole rings is 1. The summed E-state index contributed by atoms with van der Waals surface area (Å²) in [6, 6.07) is 3.57. The Hall–Kier alpha value is -2.21. The highest BCUT2D eigenvalue weighted by Crippen LogP contribution is 2.25. The van der Waals surface area contributed by atoms with Crippen LogP contribution in [0.3, 0.4) is 0 Å². The minimum Gasteiger partial charge on any atom is -0.376 e. The molecule has 0 aromatic carbocycles. The third kappa shape index (κ3) is 4.20. The highest BCUT2D eigenvalue weighted by Gasteiger charge is 2.21. The zero-order chi connectivity index (χ0) is 16.8. The van der Waals surface area contributed by atoms with Crippen molar-refractivity contribution in [2.75, 3.05) is 13.2 Å². The largest absolute Gasteiger partial charge is 0.376 e. The lowest BCUT2D eigenvalue weighted by Gasteiger charge is -2.28. The first-order chi connectivity index (χ1) is 11.7. The van der Waals surface area contributed by atoms with E-state index in [0.717, 1.165) is 12.2 Å². The van der Waals surface area contributed by atoms with Gasteiger partial charge in [0.25, 0.3) is 5.91 Å². The van der Waals surface area contributed by atoms with Crippen molar-refractivity contribution in [1.29, 1.82) is 0 Å². The van der Waals surface area contributed by atoms with E-state index in [2.05, 4.69) is 22.2 Å². The van der Waals surface area contributed by atoms with Gasteiger partial charge in [-0.2, -0.15) is 0 Å². The summed E-state index contributed by atoms with van der Waals surface area (Å²) in [6.07, 6.45) is 12.0. The van der Waals surface area contributed by atoms with Crippen LogP contribution in [0.5, 0.6) is 0 Å². The zero-order valence-electron chi connectivity index (χ0n) is 14.0. The maximum atomic E-state index is 12.1. The van der Waals surface area contributed by atoms with Crippen LogP contribution < -0.4 is 5.32 Å². The summed E-state index contributed by atoms with van der Waals surface area (Å²) in [5.41, 5.74) is 0.546. The van der Waals surface area contributed by atoms with Crippen LogP contribution >= 0.6 is 0 Å². The molecule has 2 aromatic heterocycles. The summed E-state index contributed by atoms with van der Waals surface area (Å²) < 4.78 is 7.70. The summed E-state index contributed by atoms with van der Waals surface area (Å²) in [5.74, 6) is 1.23. The summed E-state index contributed by atoms with van der Waals surface area (Å²) in [6.45, 7) is 3.32. The molecule has 6 heteroatoms. The van der Waals surface area contributed by atoms with Gasteiger partial charge in [0.2, 0.25) is 0 Å². The van der Waals surface area contributed by atoms with Crippen molar-refractivity contribution in [2.24, 2.45) is 5.92 Å². The fraction of sp³-hybridized carbons (Fsp3) is 0.500. The second-order valence-electron chi connectivity index (χ2n) is 6.30.